The van der Waals surface area contributed by atoms with Crippen molar-refractivity contribution in [3.63, 3.8) is 0 Å². The van der Waals surface area contributed by atoms with Crippen molar-refractivity contribution in [1.82, 2.24) is 0 Å². The van der Waals surface area contributed by atoms with Gasteiger partial charge in [-0.05, 0) is 12.8 Å². The molecule has 0 bridgehead atoms. The second-order valence-electron chi connectivity index (χ2n) is 4.74. The Morgan fingerprint density at radius 3 is 2.38 bits per heavy atom. The summed E-state index contributed by atoms with van der Waals surface area (Å²) in [4.78, 5) is 5.52. The molecule has 0 atom stereocenters. The van der Waals surface area contributed by atoms with Crippen molar-refractivity contribution in [2.24, 2.45) is 5.16 Å². The summed E-state index contributed by atoms with van der Waals surface area (Å²) in [6, 6.07) is 0. The van der Waals surface area contributed by atoms with Crippen molar-refractivity contribution < 1.29 is 14.3 Å². The molecule has 0 radical (unpaired) electrons. The SMILES string of the molecule is C#CC1=NOC2(CCC3(CC2)OCCO3)C1. The lowest BCUT2D eigenvalue weighted by Gasteiger charge is -2.39. The van der Waals surface area contributed by atoms with Gasteiger partial charge in [-0.15, -0.1) is 6.42 Å². The normalized spacial score (nSPS) is 30.1. The van der Waals surface area contributed by atoms with Gasteiger partial charge in [0.05, 0.1) is 13.2 Å². The quantitative estimate of drug-likeness (QED) is 0.581. The van der Waals surface area contributed by atoms with E-state index in [2.05, 4.69) is 11.1 Å². The van der Waals surface area contributed by atoms with E-state index in [9.17, 15) is 0 Å². The number of terminal acetylenes is 1. The fourth-order valence-electron chi connectivity index (χ4n) is 2.74. The maximum absolute atomic E-state index is 5.68. The molecule has 86 valence electrons. The lowest BCUT2D eigenvalue weighted by molar-refractivity contribution is -0.206. The highest BCUT2D eigenvalue weighted by Gasteiger charge is 2.49. The van der Waals surface area contributed by atoms with Crippen molar-refractivity contribution in [2.45, 2.75) is 43.5 Å². The third-order valence-corrected chi connectivity index (χ3v) is 3.74. The summed E-state index contributed by atoms with van der Waals surface area (Å²) in [5.41, 5.74) is 0.548. The first-order chi connectivity index (χ1) is 7.76. The summed E-state index contributed by atoms with van der Waals surface area (Å²) in [6.45, 7) is 1.42. The summed E-state index contributed by atoms with van der Waals surface area (Å²) in [5, 5.41) is 3.95. The van der Waals surface area contributed by atoms with Crippen LogP contribution in [0.1, 0.15) is 32.1 Å². The van der Waals surface area contributed by atoms with Crippen molar-refractivity contribution in [2.75, 3.05) is 13.2 Å². The van der Waals surface area contributed by atoms with Crippen LogP contribution in [0.5, 0.6) is 0 Å². The zero-order valence-corrected chi connectivity index (χ0v) is 9.20. The van der Waals surface area contributed by atoms with Gasteiger partial charge in [0.15, 0.2) is 5.79 Å². The molecular formula is C12H15NO3. The number of rotatable bonds is 0. The smallest absolute Gasteiger partial charge is 0.168 e. The van der Waals surface area contributed by atoms with Gasteiger partial charge in [0.1, 0.15) is 11.3 Å². The molecule has 0 amide bonds. The van der Waals surface area contributed by atoms with Gasteiger partial charge < -0.3 is 14.3 Å². The molecule has 2 heterocycles. The molecule has 1 aliphatic carbocycles. The molecular weight excluding hydrogens is 206 g/mol. The number of oxime groups is 1. The zero-order chi connectivity index (χ0) is 11.1. The molecule has 4 nitrogen and oxygen atoms in total. The van der Waals surface area contributed by atoms with Crippen LogP contribution < -0.4 is 0 Å². The van der Waals surface area contributed by atoms with Crippen LogP contribution in [0.25, 0.3) is 0 Å². The van der Waals surface area contributed by atoms with Crippen molar-refractivity contribution >= 4 is 5.71 Å². The molecule has 2 aliphatic heterocycles. The van der Waals surface area contributed by atoms with Crippen molar-refractivity contribution in [3.8, 4) is 12.3 Å². The minimum Gasteiger partial charge on any atom is -0.388 e. The van der Waals surface area contributed by atoms with Gasteiger partial charge in [-0.2, -0.15) is 0 Å². The fourth-order valence-corrected chi connectivity index (χ4v) is 2.74. The summed E-state index contributed by atoms with van der Waals surface area (Å²) in [6.07, 6.45) is 9.65. The topological polar surface area (TPSA) is 40.0 Å². The van der Waals surface area contributed by atoms with Crippen LogP contribution in [0.15, 0.2) is 5.16 Å². The van der Waals surface area contributed by atoms with E-state index >= 15 is 0 Å². The minimum absolute atomic E-state index is 0.178. The Labute approximate surface area is 94.9 Å². The standard InChI is InChI=1S/C12H15NO3/c1-2-10-9-11(16-13-10)3-5-12(6-4-11)14-7-8-15-12/h1H,3-9H2. The van der Waals surface area contributed by atoms with Gasteiger partial charge in [0, 0.05) is 19.3 Å². The van der Waals surface area contributed by atoms with Crippen LogP contribution in [0.2, 0.25) is 0 Å². The largest absolute Gasteiger partial charge is 0.388 e. The van der Waals surface area contributed by atoms with Gasteiger partial charge in [-0.3, -0.25) is 0 Å². The Balaban J connectivity index is 1.65. The van der Waals surface area contributed by atoms with E-state index in [1.54, 1.807) is 0 Å². The Bertz CT molecular complexity index is 353. The number of nitrogens with zero attached hydrogens (tertiary/aromatic N) is 1. The van der Waals surface area contributed by atoms with E-state index in [1.807, 2.05) is 0 Å². The highest BCUT2D eigenvalue weighted by molar-refractivity contribution is 6.00. The van der Waals surface area contributed by atoms with Gasteiger partial charge in [-0.25, -0.2) is 0 Å². The van der Waals surface area contributed by atoms with Gasteiger partial charge >= 0.3 is 0 Å². The fraction of sp³-hybridized carbons (Fsp3) is 0.750. The maximum atomic E-state index is 5.68. The van der Waals surface area contributed by atoms with Crippen LogP contribution in [0.3, 0.4) is 0 Å². The van der Waals surface area contributed by atoms with E-state index in [-0.39, 0.29) is 11.4 Å². The molecule has 0 aromatic rings. The van der Waals surface area contributed by atoms with Crippen LogP contribution in [-0.2, 0) is 14.3 Å². The predicted octanol–water partition coefficient (Wildman–Crippen LogP) is 1.45. The van der Waals surface area contributed by atoms with Crippen LogP contribution in [-0.4, -0.2) is 30.3 Å². The van der Waals surface area contributed by atoms with E-state index in [0.29, 0.717) is 13.2 Å². The molecule has 3 aliphatic rings. The Morgan fingerprint density at radius 1 is 1.12 bits per heavy atom. The molecule has 2 fully saturated rings. The third kappa shape index (κ3) is 1.51. The number of ether oxygens (including phenoxy) is 2. The third-order valence-electron chi connectivity index (χ3n) is 3.74. The molecule has 4 heteroatoms. The zero-order valence-electron chi connectivity index (χ0n) is 9.20. The van der Waals surface area contributed by atoms with Gasteiger partial charge in [-0.1, -0.05) is 11.1 Å². The van der Waals surface area contributed by atoms with Crippen LogP contribution >= 0.6 is 0 Å². The first-order valence-corrected chi connectivity index (χ1v) is 5.76. The highest BCUT2D eigenvalue weighted by Crippen LogP contribution is 2.45. The average molecular weight is 221 g/mol. The van der Waals surface area contributed by atoms with E-state index < -0.39 is 0 Å². The van der Waals surface area contributed by atoms with Gasteiger partial charge in [0.2, 0.25) is 0 Å². The van der Waals surface area contributed by atoms with Crippen LogP contribution in [0.4, 0.5) is 0 Å². The molecule has 0 aromatic carbocycles. The van der Waals surface area contributed by atoms with E-state index in [1.165, 1.54) is 0 Å². The lowest BCUT2D eigenvalue weighted by atomic mass is 9.79. The second kappa shape index (κ2) is 3.47. The van der Waals surface area contributed by atoms with E-state index in [0.717, 1.165) is 37.8 Å². The highest BCUT2D eigenvalue weighted by atomic mass is 16.7. The summed E-state index contributed by atoms with van der Waals surface area (Å²) in [7, 11) is 0. The van der Waals surface area contributed by atoms with Crippen molar-refractivity contribution in [1.29, 1.82) is 0 Å². The lowest BCUT2D eigenvalue weighted by Crippen LogP contribution is -2.43. The Kier molecular flexibility index (Phi) is 2.20. The summed E-state index contributed by atoms with van der Waals surface area (Å²) < 4.78 is 11.4. The summed E-state index contributed by atoms with van der Waals surface area (Å²) >= 11 is 0. The molecule has 0 N–H and O–H groups in total. The second-order valence-corrected chi connectivity index (χ2v) is 4.74. The summed E-state index contributed by atoms with van der Waals surface area (Å²) in [5.74, 6) is 2.22. The minimum atomic E-state index is -0.340. The average Bonchev–Trinajstić information content (AvgIpc) is 2.91. The number of hydrogen-bond acceptors (Lipinski definition) is 4. The molecule has 2 spiro atoms. The number of hydrogen-bond donors (Lipinski definition) is 0. The maximum Gasteiger partial charge on any atom is 0.168 e. The molecule has 16 heavy (non-hydrogen) atoms. The molecule has 0 unspecified atom stereocenters. The molecule has 1 saturated carbocycles. The Morgan fingerprint density at radius 2 is 1.81 bits per heavy atom. The van der Waals surface area contributed by atoms with Crippen molar-refractivity contribution in [3.05, 3.63) is 0 Å². The monoisotopic (exact) mass is 221 g/mol. The van der Waals surface area contributed by atoms with Crippen LogP contribution in [0, 0.1) is 12.3 Å². The van der Waals surface area contributed by atoms with E-state index in [4.69, 9.17) is 20.7 Å². The molecule has 0 aromatic heterocycles. The first-order valence-electron chi connectivity index (χ1n) is 5.76. The molecule has 1 saturated heterocycles. The molecule has 3 rings (SSSR count). The first kappa shape index (κ1) is 10.1. The Hall–Kier alpha value is -1.05. The van der Waals surface area contributed by atoms with Gasteiger partial charge in [0.25, 0.3) is 0 Å². The predicted molar refractivity (Wildman–Crippen MR) is 57.8 cm³/mol.